The number of H-pyrrole nitrogens is 1. The number of allylic oxidation sites excluding steroid dienone is 1. The molecule has 1 unspecified atom stereocenters. The van der Waals surface area contributed by atoms with Crippen molar-refractivity contribution in [3.63, 3.8) is 0 Å². The maximum absolute atomic E-state index is 12.6. The number of carboxylic acids is 1. The van der Waals surface area contributed by atoms with Crippen molar-refractivity contribution in [2.24, 2.45) is 5.92 Å². The van der Waals surface area contributed by atoms with E-state index >= 15 is 0 Å². The molecule has 4 heterocycles. The minimum Gasteiger partial charge on any atom is -0.480 e. The number of aromatic amines is 1. The molecule has 0 spiro atoms. The van der Waals surface area contributed by atoms with Gasteiger partial charge in [-0.15, -0.1) is 0 Å². The smallest absolute Gasteiger partial charge is 0.318 e. The van der Waals surface area contributed by atoms with E-state index in [2.05, 4.69) is 24.2 Å². The molecule has 26 heavy (non-hydrogen) atoms. The van der Waals surface area contributed by atoms with Crippen molar-refractivity contribution in [3.05, 3.63) is 47.2 Å². The molecule has 5 rings (SSSR count). The number of carbonyl (C=O) groups is 1. The van der Waals surface area contributed by atoms with E-state index in [-0.39, 0.29) is 5.92 Å². The Bertz CT molecular complexity index is 900. The van der Waals surface area contributed by atoms with E-state index in [1.54, 1.807) is 0 Å². The molecule has 138 valence electrons. The van der Waals surface area contributed by atoms with Crippen molar-refractivity contribution < 1.29 is 19.5 Å². The number of quaternary nitrogens is 1. The molecule has 5 heteroatoms. The van der Waals surface area contributed by atoms with Gasteiger partial charge in [-0.1, -0.05) is 24.3 Å². The zero-order valence-electron chi connectivity index (χ0n) is 15.5. The number of hydrogen-bond donors (Lipinski definition) is 3. The summed E-state index contributed by atoms with van der Waals surface area (Å²) in [7, 11) is 2.26. The minimum atomic E-state index is -1.31. The van der Waals surface area contributed by atoms with Gasteiger partial charge in [0, 0.05) is 35.4 Å². The molecule has 5 nitrogen and oxygen atoms in total. The lowest BCUT2D eigenvalue weighted by atomic mass is 9.66. The number of fused-ring (bicyclic) bond motifs is 4. The summed E-state index contributed by atoms with van der Waals surface area (Å²) < 4.78 is 0.927. The van der Waals surface area contributed by atoms with E-state index in [9.17, 15) is 15.0 Å². The fourth-order valence-electron chi connectivity index (χ4n) is 5.21. The molecule has 2 bridgehead atoms. The summed E-state index contributed by atoms with van der Waals surface area (Å²) in [5, 5.41) is 21.9. The maximum atomic E-state index is 12.6. The van der Waals surface area contributed by atoms with Crippen LogP contribution in [0.3, 0.4) is 0 Å². The number of nitrogens with one attached hydrogen (secondary N) is 1. The maximum Gasteiger partial charge on any atom is 0.318 e. The zero-order chi connectivity index (χ0) is 18.5. The van der Waals surface area contributed by atoms with E-state index in [1.165, 1.54) is 0 Å². The van der Waals surface area contributed by atoms with Gasteiger partial charge >= 0.3 is 5.97 Å². The molecule has 0 saturated carbocycles. The summed E-state index contributed by atoms with van der Waals surface area (Å²) in [4.78, 5) is 16.0. The molecule has 0 aliphatic carbocycles. The lowest BCUT2D eigenvalue weighted by Gasteiger charge is -2.45. The Morgan fingerprint density at radius 1 is 1.38 bits per heavy atom. The van der Waals surface area contributed by atoms with Gasteiger partial charge in [0.15, 0.2) is 0 Å². The molecular weight excluding hydrogens is 328 g/mol. The predicted molar refractivity (Wildman–Crippen MR) is 101 cm³/mol. The molecule has 1 aromatic heterocycles. The monoisotopic (exact) mass is 355 g/mol. The van der Waals surface area contributed by atoms with Crippen LogP contribution < -0.4 is 0 Å². The average Bonchev–Trinajstić information content (AvgIpc) is 3.03. The highest BCUT2D eigenvalue weighted by molar-refractivity contribution is 5.90. The molecule has 2 aromatic rings. The number of likely N-dealkylation sites (N-methyl/N-ethyl adjacent to an activating group) is 1. The van der Waals surface area contributed by atoms with Crippen molar-refractivity contribution >= 4 is 16.9 Å². The lowest BCUT2D eigenvalue weighted by Crippen LogP contribution is -2.56. The number of carboxylic acid groups (broad SMARTS) is 1. The van der Waals surface area contributed by atoms with Crippen LogP contribution in [-0.4, -0.2) is 58.9 Å². The Labute approximate surface area is 153 Å². The Balaban J connectivity index is 2.06. The first kappa shape index (κ1) is 17.3. The van der Waals surface area contributed by atoms with Gasteiger partial charge in [-0.2, -0.15) is 0 Å². The normalized spacial score (nSPS) is 32.9. The highest BCUT2D eigenvalue weighted by atomic mass is 16.4. The molecular formula is C21H27N2O3+. The molecule has 1 saturated heterocycles. The number of rotatable bonds is 2. The Hall–Kier alpha value is -2.11. The fraction of sp³-hybridized carbons (Fsp3) is 0.476. The molecule has 0 radical (unpaired) electrons. The van der Waals surface area contributed by atoms with E-state index < -0.39 is 18.0 Å². The second-order valence-corrected chi connectivity index (χ2v) is 8.14. The molecule has 3 N–H and O–H groups in total. The number of aliphatic hydroxyl groups is 1. The van der Waals surface area contributed by atoms with Crippen molar-refractivity contribution in [3.8, 4) is 0 Å². The van der Waals surface area contributed by atoms with Crippen LogP contribution in [0.2, 0.25) is 0 Å². The standard InChI is InChI=1S/C21H26N2O3/c1-3-14-12-23(2)10-8-16-15-6-4-5-7-18(15)22-19(16)21(13-24,20(25)26)17(14)9-11-23/h3-7,17,22,24H,8-13H2,1-2H3/p+1/b14-3-/t17-,21?,23+/m0/s1. The van der Waals surface area contributed by atoms with Crippen molar-refractivity contribution in [2.45, 2.75) is 25.2 Å². The van der Waals surface area contributed by atoms with Crippen molar-refractivity contribution in [1.29, 1.82) is 0 Å². The van der Waals surface area contributed by atoms with Gasteiger partial charge in [0.25, 0.3) is 0 Å². The number of piperidine rings is 1. The molecule has 3 atom stereocenters. The summed E-state index contributed by atoms with van der Waals surface area (Å²) in [5.74, 6) is -1.12. The number of hydrogen-bond acceptors (Lipinski definition) is 2. The highest BCUT2D eigenvalue weighted by Crippen LogP contribution is 2.46. The number of aliphatic carboxylic acids is 1. The van der Waals surface area contributed by atoms with Crippen LogP contribution in [-0.2, 0) is 16.6 Å². The quantitative estimate of drug-likeness (QED) is 0.572. The molecule has 3 aliphatic heterocycles. The summed E-state index contributed by atoms with van der Waals surface area (Å²) in [6, 6.07) is 8.00. The van der Waals surface area contributed by atoms with Gasteiger partial charge in [-0.25, -0.2) is 0 Å². The van der Waals surface area contributed by atoms with Crippen LogP contribution in [0.4, 0.5) is 0 Å². The predicted octanol–water partition coefficient (Wildman–Crippen LogP) is 2.45. The molecule has 1 fully saturated rings. The Morgan fingerprint density at radius 3 is 2.85 bits per heavy atom. The Kier molecular flexibility index (Phi) is 3.97. The zero-order valence-corrected chi connectivity index (χ0v) is 15.5. The second-order valence-electron chi connectivity index (χ2n) is 8.14. The summed E-state index contributed by atoms with van der Waals surface area (Å²) in [6.45, 7) is 4.37. The van der Waals surface area contributed by atoms with Gasteiger partial charge in [0.1, 0.15) is 12.0 Å². The summed E-state index contributed by atoms with van der Waals surface area (Å²) >= 11 is 0. The van der Waals surface area contributed by atoms with E-state index in [0.29, 0.717) is 5.69 Å². The minimum absolute atomic E-state index is 0.189. The first-order chi connectivity index (χ1) is 12.4. The van der Waals surface area contributed by atoms with Crippen LogP contribution in [0.25, 0.3) is 10.9 Å². The van der Waals surface area contributed by atoms with Crippen LogP contribution in [0, 0.1) is 5.92 Å². The number of aliphatic hydroxyl groups excluding tert-OH is 1. The number of nitrogens with zero attached hydrogens (tertiary/aromatic N) is 1. The number of benzene rings is 1. The third-order valence-corrected chi connectivity index (χ3v) is 6.73. The first-order valence-electron chi connectivity index (χ1n) is 9.38. The summed E-state index contributed by atoms with van der Waals surface area (Å²) in [5.41, 5.74) is 2.56. The van der Waals surface area contributed by atoms with Crippen LogP contribution in [0.15, 0.2) is 35.9 Å². The van der Waals surface area contributed by atoms with Crippen LogP contribution in [0.5, 0.6) is 0 Å². The largest absolute Gasteiger partial charge is 0.480 e. The van der Waals surface area contributed by atoms with Crippen LogP contribution >= 0.6 is 0 Å². The van der Waals surface area contributed by atoms with Gasteiger partial charge in [0.05, 0.1) is 26.7 Å². The topological polar surface area (TPSA) is 73.3 Å². The van der Waals surface area contributed by atoms with Crippen molar-refractivity contribution in [2.75, 3.05) is 33.3 Å². The van der Waals surface area contributed by atoms with Gasteiger partial charge in [0.2, 0.25) is 0 Å². The SMILES string of the molecule is C/C=C1/C[N@+]2(C)CCc3c([nH]c4ccccc34)C(CO)(C(=O)O)[C@H]1CC2. The average molecular weight is 355 g/mol. The van der Waals surface area contributed by atoms with Crippen LogP contribution in [0.1, 0.15) is 24.6 Å². The van der Waals surface area contributed by atoms with Gasteiger partial charge in [-0.3, -0.25) is 4.79 Å². The molecule has 3 aliphatic rings. The Morgan fingerprint density at radius 2 is 2.15 bits per heavy atom. The van der Waals surface area contributed by atoms with E-state index in [0.717, 1.165) is 59.0 Å². The highest BCUT2D eigenvalue weighted by Gasteiger charge is 2.54. The number of aromatic nitrogens is 1. The third-order valence-electron chi connectivity index (χ3n) is 6.73. The lowest BCUT2D eigenvalue weighted by molar-refractivity contribution is -0.909. The second kappa shape index (κ2) is 5.96. The van der Waals surface area contributed by atoms with E-state index in [1.807, 2.05) is 25.1 Å². The molecule has 0 amide bonds. The molecule has 1 aromatic carbocycles. The van der Waals surface area contributed by atoms with Crippen molar-refractivity contribution in [1.82, 2.24) is 4.98 Å². The fourth-order valence-corrected chi connectivity index (χ4v) is 5.21. The first-order valence-corrected chi connectivity index (χ1v) is 9.38. The van der Waals surface area contributed by atoms with E-state index in [4.69, 9.17) is 0 Å². The summed E-state index contributed by atoms with van der Waals surface area (Å²) in [6.07, 6.45) is 3.66. The number of para-hydroxylation sites is 1. The third kappa shape index (κ3) is 2.27. The van der Waals surface area contributed by atoms with Gasteiger partial charge < -0.3 is 19.7 Å². The van der Waals surface area contributed by atoms with Gasteiger partial charge in [-0.05, 0) is 24.1 Å².